The molecule has 0 saturated carbocycles. The average Bonchev–Trinajstić information content (AvgIpc) is 2.75. The van der Waals surface area contributed by atoms with Crippen LogP contribution >= 0.6 is 45.8 Å². The minimum absolute atomic E-state index is 0.177. The highest BCUT2D eigenvalue weighted by atomic mass is 127. The van der Waals surface area contributed by atoms with Gasteiger partial charge in [-0.25, -0.2) is 4.98 Å². The van der Waals surface area contributed by atoms with E-state index in [1.807, 2.05) is 41.1 Å². The van der Waals surface area contributed by atoms with Crippen molar-refractivity contribution in [1.82, 2.24) is 19.3 Å². The maximum absolute atomic E-state index is 12.1. The van der Waals surface area contributed by atoms with Crippen LogP contribution in [0.1, 0.15) is 25.2 Å². The van der Waals surface area contributed by atoms with Crippen molar-refractivity contribution in [2.75, 3.05) is 0 Å². The Balaban J connectivity index is 2.47. The number of aryl methyl sites for hydroxylation is 2. The van der Waals surface area contributed by atoms with Gasteiger partial charge >= 0.3 is 0 Å². The fraction of sp³-hybridized carbons (Fsp3) is 0.417. The fourth-order valence-electron chi connectivity index (χ4n) is 1.89. The van der Waals surface area contributed by atoms with E-state index >= 15 is 0 Å². The van der Waals surface area contributed by atoms with Gasteiger partial charge in [-0.2, -0.15) is 5.10 Å². The van der Waals surface area contributed by atoms with Gasteiger partial charge in [-0.1, -0.05) is 30.1 Å². The first-order valence-electron chi connectivity index (χ1n) is 6.14. The summed E-state index contributed by atoms with van der Waals surface area (Å²) in [5.74, 6) is 0. The molecule has 0 atom stereocenters. The van der Waals surface area contributed by atoms with E-state index in [4.69, 9.17) is 23.2 Å². The molecule has 0 saturated heterocycles. The first-order chi connectivity index (χ1) is 9.49. The molecule has 0 spiro atoms. The summed E-state index contributed by atoms with van der Waals surface area (Å²) < 4.78 is 3.71. The van der Waals surface area contributed by atoms with Gasteiger partial charge in [0.1, 0.15) is 8.72 Å². The summed E-state index contributed by atoms with van der Waals surface area (Å²) in [5, 5.41) is 5.27. The monoisotopic (exact) mass is 426 g/mol. The third-order valence-corrected chi connectivity index (χ3v) is 4.97. The summed E-state index contributed by atoms with van der Waals surface area (Å²) in [6, 6.07) is 0. The van der Waals surface area contributed by atoms with Crippen LogP contribution in [-0.2, 0) is 19.5 Å². The van der Waals surface area contributed by atoms with Crippen molar-refractivity contribution in [2.24, 2.45) is 0 Å². The van der Waals surface area contributed by atoms with Crippen LogP contribution in [-0.4, -0.2) is 19.3 Å². The molecule has 0 aliphatic carbocycles. The van der Waals surface area contributed by atoms with Gasteiger partial charge in [0, 0.05) is 6.54 Å². The zero-order valence-electron chi connectivity index (χ0n) is 11.0. The van der Waals surface area contributed by atoms with Gasteiger partial charge in [-0.05, 0) is 35.9 Å². The standard InChI is InChI=1S/C12H13Cl2IN4O/c1-3-7-9(13)8(19(4-2)17-7)5-18-6-16-11(14)10(15)12(18)20/h6H,3-5H2,1-2H3. The third kappa shape index (κ3) is 2.87. The summed E-state index contributed by atoms with van der Waals surface area (Å²) >= 11 is 14.1. The van der Waals surface area contributed by atoms with Crippen LogP contribution < -0.4 is 5.56 Å². The molecule has 8 heteroatoms. The summed E-state index contributed by atoms with van der Waals surface area (Å²) in [6.45, 7) is 5.01. The van der Waals surface area contributed by atoms with E-state index in [1.54, 1.807) is 0 Å². The zero-order chi connectivity index (χ0) is 14.9. The topological polar surface area (TPSA) is 52.7 Å². The van der Waals surface area contributed by atoms with Crippen molar-refractivity contribution in [3.63, 3.8) is 0 Å². The summed E-state index contributed by atoms with van der Waals surface area (Å²) in [4.78, 5) is 16.1. The number of hydrogen-bond donors (Lipinski definition) is 0. The number of rotatable bonds is 4. The lowest BCUT2D eigenvalue weighted by Crippen LogP contribution is -2.25. The minimum atomic E-state index is -0.177. The lowest BCUT2D eigenvalue weighted by atomic mass is 10.3. The van der Waals surface area contributed by atoms with E-state index in [0.29, 0.717) is 21.7 Å². The second-order valence-corrected chi connectivity index (χ2v) is 5.97. The van der Waals surface area contributed by atoms with Crippen molar-refractivity contribution >= 4 is 45.8 Å². The Morgan fingerprint density at radius 1 is 1.35 bits per heavy atom. The summed E-state index contributed by atoms with van der Waals surface area (Å²) in [6.07, 6.45) is 2.19. The van der Waals surface area contributed by atoms with E-state index in [2.05, 4.69) is 10.1 Å². The zero-order valence-corrected chi connectivity index (χ0v) is 14.7. The highest BCUT2D eigenvalue weighted by Crippen LogP contribution is 2.22. The lowest BCUT2D eigenvalue weighted by Gasteiger charge is -2.08. The second-order valence-electron chi connectivity index (χ2n) is 4.16. The Morgan fingerprint density at radius 3 is 2.65 bits per heavy atom. The molecule has 0 bridgehead atoms. The molecule has 20 heavy (non-hydrogen) atoms. The first kappa shape index (κ1) is 15.8. The van der Waals surface area contributed by atoms with E-state index in [0.717, 1.165) is 17.8 Å². The van der Waals surface area contributed by atoms with Crippen molar-refractivity contribution < 1.29 is 0 Å². The number of halogens is 3. The smallest absolute Gasteiger partial charge is 0.268 e. The van der Waals surface area contributed by atoms with Crippen molar-refractivity contribution in [3.8, 4) is 0 Å². The molecule has 0 aliphatic rings. The van der Waals surface area contributed by atoms with E-state index in [9.17, 15) is 4.79 Å². The Labute approximate surface area is 140 Å². The molecule has 0 unspecified atom stereocenters. The second kappa shape index (κ2) is 6.44. The predicted octanol–water partition coefficient (Wildman–Crippen LogP) is 2.98. The van der Waals surface area contributed by atoms with Crippen LogP contribution in [0.5, 0.6) is 0 Å². The number of hydrogen-bond acceptors (Lipinski definition) is 3. The highest BCUT2D eigenvalue weighted by molar-refractivity contribution is 14.1. The molecule has 2 heterocycles. The SMILES string of the molecule is CCc1nn(CC)c(Cn2cnc(Cl)c(I)c2=O)c1Cl. The maximum Gasteiger partial charge on any atom is 0.268 e. The third-order valence-electron chi connectivity index (χ3n) is 2.95. The Bertz CT molecular complexity index is 695. The van der Waals surface area contributed by atoms with Crippen LogP contribution in [0.4, 0.5) is 0 Å². The Hall–Kier alpha value is -0.600. The van der Waals surface area contributed by atoms with Crippen LogP contribution in [0.15, 0.2) is 11.1 Å². The van der Waals surface area contributed by atoms with Gasteiger partial charge in [-0.15, -0.1) is 0 Å². The van der Waals surface area contributed by atoms with Gasteiger partial charge < -0.3 is 0 Å². The fourth-order valence-corrected chi connectivity index (χ4v) is 2.79. The van der Waals surface area contributed by atoms with Crippen molar-refractivity contribution in [3.05, 3.63) is 41.8 Å². The largest absolute Gasteiger partial charge is 0.292 e. The minimum Gasteiger partial charge on any atom is -0.292 e. The van der Waals surface area contributed by atoms with E-state index < -0.39 is 0 Å². The van der Waals surface area contributed by atoms with Crippen molar-refractivity contribution in [2.45, 2.75) is 33.4 Å². The maximum atomic E-state index is 12.1. The molecule has 5 nitrogen and oxygen atoms in total. The molecule has 2 aromatic rings. The molecule has 0 N–H and O–H groups in total. The molecule has 0 amide bonds. The Morgan fingerprint density at radius 2 is 2.05 bits per heavy atom. The van der Waals surface area contributed by atoms with Gasteiger partial charge in [0.2, 0.25) is 0 Å². The molecular weight excluding hydrogens is 414 g/mol. The molecule has 0 aliphatic heterocycles. The van der Waals surface area contributed by atoms with Gasteiger partial charge in [0.25, 0.3) is 5.56 Å². The lowest BCUT2D eigenvalue weighted by molar-refractivity contribution is 0.585. The van der Waals surface area contributed by atoms with E-state index in [1.165, 1.54) is 10.9 Å². The molecule has 2 aromatic heterocycles. The molecular formula is C12H13Cl2IN4O. The van der Waals surface area contributed by atoms with Gasteiger partial charge in [0.05, 0.1) is 29.3 Å². The number of nitrogens with zero attached hydrogens (tertiary/aromatic N) is 4. The van der Waals surface area contributed by atoms with Crippen LogP contribution in [0.25, 0.3) is 0 Å². The quantitative estimate of drug-likeness (QED) is 0.557. The average molecular weight is 427 g/mol. The molecule has 0 aromatic carbocycles. The molecule has 0 radical (unpaired) electrons. The molecule has 2 rings (SSSR count). The van der Waals surface area contributed by atoms with Crippen LogP contribution in [0.2, 0.25) is 10.2 Å². The number of aromatic nitrogens is 4. The van der Waals surface area contributed by atoms with Crippen molar-refractivity contribution in [1.29, 1.82) is 0 Å². The van der Waals surface area contributed by atoms with Gasteiger partial charge in [-0.3, -0.25) is 14.0 Å². The summed E-state index contributed by atoms with van der Waals surface area (Å²) in [5.41, 5.74) is 1.48. The Kier molecular flexibility index (Phi) is 5.09. The first-order valence-corrected chi connectivity index (χ1v) is 7.97. The van der Waals surface area contributed by atoms with Gasteiger partial charge in [0.15, 0.2) is 0 Å². The van der Waals surface area contributed by atoms with Crippen LogP contribution in [0.3, 0.4) is 0 Å². The molecule has 108 valence electrons. The normalized spacial score (nSPS) is 11.1. The van der Waals surface area contributed by atoms with E-state index in [-0.39, 0.29) is 10.7 Å². The van der Waals surface area contributed by atoms with Crippen LogP contribution in [0, 0.1) is 3.57 Å². The predicted molar refractivity (Wildman–Crippen MR) is 87.6 cm³/mol. The molecule has 0 fully saturated rings. The highest BCUT2D eigenvalue weighted by Gasteiger charge is 2.16. The summed E-state index contributed by atoms with van der Waals surface area (Å²) in [7, 11) is 0.